The monoisotopic (exact) mass is 269 g/mol. The van der Waals surface area contributed by atoms with Gasteiger partial charge >= 0.3 is 5.97 Å². The van der Waals surface area contributed by atoms with Crippen LogP contribution in [0.1, 0.15) is 13.3 Å². The van der Waals surface area contributed by atoms with Crippen LogP contribution in [-0.2, 0) is 9.53 Å². The number of ether oxygens (including phenoxy) is 2. The van der Waals surface area contributed by atoms with Crippen LogP contribution in [0.5, 0.6) is 5.19 Å². The first-order valence-electron chi connectivity index (χ1n) is 5.30. The lowest BCUT2D eigenvalue weighted by atomic mass is 10.2. The van der Waals surface area contributed by atoms with Crippen molar-refractivity contribution in [1.29, 1.82) is 0 Å². The Morgan fingerprint density at radius 1 is 1.50 bits per heavy atom. The van der Waals surface area contributed by atoms with Crippen molar-refractivity contribution in [2.75, 3.05) is 19.5 Å². The summed E-state index contributed by atoms with van der Waals surface area (Å²) in [4.78, 5) is 11.2. The molecule has 6 nitrogen and oxygen atoms in total. The number of carbonyl (C=O) groups is 1. The third kappa shape index (κ3) is 4.54. The molecule has 0 saturated carbocycles. The molecular weight excluding hydrogens is 254 g/mol. The summed E-state index contributed by atoms with van der Waals surface area (Å²) in [7, 11) is 1.35. The maximum atomic E-state index is 11.2. The highest BCUT2D eigenvalue weighted by Gasteiger charge is 2.03. The minimum atomic E-state index is -0.355. The van der Waals surface area contributed by atoms with E-state index in [1.807, 2.05) is 6.08 Å². The van der Waals surface area contributed by atoms with Crippen LogP contribution in [0.2, 0.25) is 0 Å². The van der Waals surface area contributed by atoms with Gasteiger partial charge in [0, 0.05) is 0 Å². The molecule has 2 N–H and O–H groups in total. The van der Waals surface area contributed by atoms with Gasteiger partial charge in [0.1, 0.15) is 0 Å². The average molecular weight is 269 g/mol. The van der Waals surface area contributed by atoms with Gasteiger partial charge in [0.15, 0.2) is 0 Å². The first-order chi connectivity index (χ1) is 8.67. The van der Waals surface area contributed by atoms with Gasteiger partial charge in [-0.05, 0) is 24.7 Å². The molecule has 0 radical (unpaired) electrons. The lowest BCUT2D eigenvalue weighted by molar-refractivity contribution is -0.135. The summed E-state index contributed by atoms with van der Waals surface area (Å²) in [6.45, 7) is 2.22. The van der Waals surface area contributed by atoms with Crippen LogP contribution in [0.3, 0.4) is 0 Å². The SMILES string of the molecule is C/C=C(\C=C/CCOc1nnc(N)s1)C(=O)OC. The van der Waals surface area contributed by atoms with E-state index in [0.29, 0.717) is 28.9 Å². The standard InChI is InChI=1S/C11H15N3O3S/c1-3-8(9(15)16-2)6-4-5-7-17-11-14-13-10(12)18-11/h3-4,6H,5,7H2,1-2H3,(H2,12,13)/b6-4-,8-3+. The first-order valence-corrected chi connectivity index (χ1v) is 6.12. The van der Waals surface area contributed by atoms with E-state index in [2.05, 4.69) is 14.9 Å². The third-order valence-corrected chi connectivity index (χ3v) is 2.63. The Labute approximate surface area is 109 Å². The number of hydrogen-bond donors (Lipinski definition) is 1. The summed E-state index contributed by atoms with van der Waals surface area (Å²) in [5.74, 6) is -0.355. The third-order valence-electron chi connectivity index (χ3n) is 1.96. The second-order valence-corrected chi connectivity index (χ2v) is 4.15. The van der Waals surface area contributed by atoms with E-state index in [1.165, 1.54) is 18.4 Å². The Hall–Kier alpha value is -1.89. The highest BCUT2D eigenvalue weighted by Crippen LogP contribution is 2.18. The van der Waals surface area contributed by atoms with Crippen molar-refractivity contribution in [1.82, 2.24) is 10.2 Å². The number of anilines is 1. The molecule has 98 valence electrons. The average Bonchev–Trinajstić information content (AvgIpc) is 2.78. The molecule has 0 fully saturated rings. The Morgan fingerprint density at radius 2 is 2.28 bits per heavy atom. The van der Waals surface area contributed by atoms with E-state index in [9.17, 15) is 4.79 Å². The highest BCUT2D eigenvalue weighted by molar-refractivity contribution is 7.16. The van der Waals surface area contributed by atoms with E-state index >= 15 is 0 Å². The van der Waals surface area contributed by atoms with E-state index < -0.39 is 0 Å². The number of nitrogens with two attached hydrogens (primary N) is 1. The first kappa shape index (κ1) is 14.2. The summed E-state index contributed by atoms with van der Waals surface area (Å²) >= 11 is 1.19. The van der Waals surface area contributed by atoms with E-state index in [-0.39, 0.29) is 5.97 Å². The fourth-order valence-electron chi connectivity index (χ4n) is 1.10. The van der Waals surface area contributed by atoms with Gasteiger partial charge in [-0.3, -0.25) is 0 Å². The molecule has 0 amide bonds. The molecule has 1 heterocycles. The number of allylic oxidation sites excluding steroid dienone is 1. The van der Waals surface area contributed by atoms with Crippen molar-refractivity contribution in [3.63, 3.8) is 0 Å². The number of rotatable bonds is 6. The number of nitrogens with zero attached hydrogens (tertiary/aromatic N) is 2. The lowest BCUT2D eigenvalue weighted by Gasteiger charge is -1.99. The quantitative estimate of drug-likeness (QED) is 0.365. The Bertz CT molecular complexity index is 454. The zero-order valence-electron chi connectivity index (χ0n) is 10.3. The summed E-state index contributed by atoms with van der Waals surface area (Å²) < 4.78 is 9.92. The molecule has 0 atom stereocenters. The van der Waals surface area contributed by atoms with Crippen LogP contribution >= 0.6 is 11.3 Å². The van der Waals surface area contributed by atoms with Gasteiger partial charge in [0.25, 0.3) is 5.19 Å². The summed E-state index contributed by atoms with van der Waals surface area (Å²) in [6, 6.07) is 0. The molecule has 0 aliphatic rings. The van der Waals surface area contributed by atoms with Crippen LogP contribution in [0.25, 0.3) is 0 Å². The molecule has 0 saturated heterocycles. The predicted octanol–water partition coefficient (Wildman–Crippen LogP) is 1.56. The molecule has 1 rings (SSSR count). The molecule has 18 heavy (non-hydrogen) atoms. The summed E-state index contributed by atoms with van der Waals surface area (Å²) in [5.41, 5.74) is 5.92. The molecule has 0 aromatic carbocycles. The van der Waals surface area contributed by atoms with Crippen molar-refractivity contribution < 1.29 is 14.3 Å². The molecule has 0 aliphatic heterocycles. The van der Waals surface area contributed by atoms with Crippen molar-refractivity contribution in [2.45, 2.75) is 13.3 Å². The summed E-state index contributed by atoms with van der Waals surface area (Å²) in [6.07, 6.45) is 5.86. The predicted molar refractivity (Wildman–Crippen MR) is 69.3 cm³/mol. The highest BCUT2D eigenvalue weighted by atomic mass is 32.1. The van der Waals surface area contributed by atoms with Crippen molar-refractivity contribution in [3.8, 4) is 5.19 Å². The molecule has 0 spiro atoms. The minimum Gasteiger partial charge on any atom is -0.469 e. The van der Waals surface area contributed by atoms with Crippen LogP contribution in [0, 0.1) is 0 Å². The van der Waals surface area contributed by atoms with Gasteiger partial charge < -0.3 is 15.2 Å². The Balaban J connectivity index is 2.31. The Kier molecular flexibility index (Phi) is 5.86. The topological polar surface area (TPSA) is 87.3 Å². The molecule has 0 unspecified atom stereocenters. The molecule has 0 bridgehead atoms. The van der Waals surface area contributed by atoms with E-state index in [4.69, 9.17) is 10.5 Å². The largest absolute Gasteiger partial charge is 0.469 e. The zero-order chi connectivity index (χ0) is 13.4. The molecule has 7 heteroatoms. The van der Waals surface area contributed by atoms with Crippen LogP contribution in [-0.4, -0.2) is 29.9 Å². The smallest absolute Gasteiger partial charge is 0.337 e. The van der Waals surface area contributed by atoms with Crippen molar-refractivity contribution in [3.05, 3.63) is 23.8 Å². The van der Waals surface area contributed by atoms with Gasteiger partial charge in [-0.2, -0.15) is 0 Å². The van der Waals surface area contributed by atoms with E-state index in [0.717, 1.165) is 0 Å². The van der Waals surface area contributed by atoms with Crippen molar-refractivity contribution in [2.24, 2.45) is 0 Å². The van der Waals surface area contributed by atoms with Gasteiger partial charge in [-0.15, -0.1) is 5.10 Å². The summed E-state index contributed by atoms with van der Waals surface area (Å²) in [5, 5.41) is 8.16. The van der Waals surface area contributed by atoms with Gasteiger partial charge in [0.05, 0.1) is 19.3 Å². The second-order valence-electron chi connectivity index (χ2n) is 3.18. The van der Waals surface area contributed by atoms with Crippen LogP contribution < -0.4 is 10.5 Å². The Morgan fingerprint density at radius 3 is 2.83 bits per heavy atom. The molecular formula is C11H15N3O3S. The fourth-order valence-corrected chi connectivity index (χ4v) is 1.59. The lowest BCUT2D eigenvalue weighted by Crippen LogP contribution is -2.02. The number of methoxy groups -OCH3 is 1. The molecule has 0 aliphatic carbocycles. The molecule has 1 aromatic rings. The van der Waals surface area contributed by atoms with Crippen molar-refractivity contribution >= 4 is 22.4 Å². The fraction of sp³-hybridized carbons (Fsp3) is 0.364. The number of carbonyl (C=O) groups excluding carboxylic acids is 1. The zero-order valence-corrected chi connectivity index (χ0v) is 11.1. The maximum Gasteiger partial charge on any atom is 0.337 e. The normalized spacial score (nSPS) is 11.8. The number of esters is 1. The second kappa shape index (κ2) is 7.44. The number of hydrogen-bond acceptors (Lipinski definition) is 7. The maximum absolute atomic E-state index is 11.2. The van der Waals surface area contributed by atoms with Crippen LogP contribution in [0.4, 0.5) is 5.13 Å². The van der Waals surface area contributed by atoms with Crippen LogP contribution in [0.15, 0.2) is 23.8 Å². The van der Waals surface area contributed by atoms with E-state index in [1.54, 1.807) is 19.1 Å². The number of aromatic nitrogens is 2. The number of nitrogen functional groups attached to an aromatic ring is 1. The van der Waals surface area contributed by atoms with Gasteiger partial charge in [-0.25, -0.2) is 4.79 Å². The minimum absolute atomic E-state index is 0.355. The molecule has 1 aromatic heterocycles. The van der Waals surface area contributed by atoms with Gasteiger partial charge in [-0.1, -0.05) is 23.3 Å². The van der Waals surface area contributed by atoms with Gasteiger partial charge in [0.2, 0.25) is 5.13 Å².